The molecule has 21 heavy (non-hydrogen) atoms. The number of aryl methyl sites for hydroxylation is 2. The Kier molecular flexibility index (Phi) is 3.74. The van der Waals surface area contributed by atoms with Crippen LogP contribution >= 0.6 is 0 Å². The quantitative estimate of drug-likeness (QED) is 0.560. The minimum absolute atomic E-state index is 0.00825. The van der Waals surface area contributed by atoms with Crippen molar-refractivity contribution in [3.05, 3.63) is 82.9 Å². The van der Waals surface area contributed by atoms with Crippen LogP contribution in [0.4, 0.5) is 0 Å². The number of hydrogen-bond donors (Lipinski definition) is 2. The number of rotatable bonds is 3. The number of hydrogen-bond acceptors (Lipinski definition) is 2. The smallest absolute Gasteiger partial charge is 0.0710 e. The lowest BCUT2D eigenvalue weighted by Crippen LogP contribution is -2.28. The van der Waals surface area contributed by atoms with E-state index < -0.39 is 0 Å². The Labute approximate surface area is 125 Å². The minimum Gasteiger partial charge on any atom is -0.271 e. The molecule has 106 valence electrons. The van der Waals surface area contributed by atoms with Gasteiger partial charge in [0, 0.05) is 0 Å². The maximum Gasteiger partial charge on any atom is 0.0710 e. The maximum absolute atomic E-state index is 5.82. The third-order valence-electron chi connectivity index (χ3n) is 4.14. The number of fused-ring (bicyclic) bond motifs is 1. The van der Waals surface area contributed by atoms with Crippen molar-refractivity contribution in [3.63, 3.8) is 0 Å². The first-order chi connectivity index (χ1) is 10.2. The second-order valence-corrected chi connectivity index (χ2v) is 5.55. The van der Waals surface area contributed by atoms with Crippen LogP contribution < -0.4 is 11.3 Å². The lowest BCUT2D eigenvalue weighted by atomic mass is 9.94. The largest absolute Gasteiger partial charge is 0.271 e. The van der Waals surface area contributed by atoms with Crippen LogP contribution in [-0.2, 0) is 0 Å². The van der Waals surface area contributed by atoms with Gasteiger partial charge in [0.25, 0.3) is 0 Å². The van der Waals surface area contributed by atoms with E-state index in [1.54, 1.807) is 0 Å². The molecule has 0 radical (unpaired) electrons. The van der Waals surface area contributed by atoms with Crippen LogP contribution in [0.25, 0.3) is 10.8 Å². The maximum atomic E-state index is 5.82. The fourth-order valence-corrected chi connectivity index (χ4v) is 2.72. The molecule has 0 aliphatic rings. The van der Waals surface area contributed by atoms with Crippen molar-refractivity contribution in [1.29, 1.82) is 0 Å². The molecule has 0 aliphatic heterocycles. The van der Waals surface area contributed by atoms with Gasteiger partial charge in [0.2, 0.25) is 0 Å². The zero-order valence-electron chi connectivity index (χ0n) is 12.4. The molecule has 1 atom stereocenters. The van der Waals surface area contributed by atoms with Crippen molar-refractivity contribution in [2.45, 2.75) is 19.9 Å². The molecular formula is C19H20N2. The Balaban J connectivity index is 2.06. The number of nitrogens with two attached hydrogens (primary N) is 1. The Morgan fingerprint density at radius 1 is 0.762 bits per heavy atom. The molecule has 3 aromatic rings. The predicted molar refractivity (Wildman–Crippen MR) is 89.0 cm³/mol. The topological polar surface area (TPSA) is 38.0 Å². The number of nitrogens with one attached hydrogen (secondary N) is 1. The molecule has 0 aromatic heterocycles. The van der Waals surface area contributed by atoms with Crippen LogP contribution in [0.3, 0.4) is 0 Å². The summed E-state index contributed by atoms with van der Waals surface area (Å²) < 4.78 is 0. The molecule has 0 heterocycles. The molecular weight excluding hydrogens is 256 g/mol. The van der Waals surface area contributed by atoms with Gasteiger partial charge in [-0.05, 0) is 52.9 Å². The summed E-state index contributed by atoms with van der Waals surface area (Å²) in [6, 6.07) is 21.4. The van der Waals surface area contributed by atoms with Gasteiger partial charge < -0.3 is 0 Å². The van der Waals surface area contributed by atoms with E-state index in [0.29, 0.717) is 0 Å². The first-order valence-electron chi connectivity index (χ1n) is 7.21. The van der Waals surface area contributed by atoms with Crippen molar-refractivity contribution in [2.24, 2.45) is 5.84 Å². The third kappa shape index (κ3) is 2.68. The van der Waals surface area contributed by atoms with Gasteiger partial charge in [-0.15, -0.1) is 0 Å². The highest BCUT2D eigenvalue weighted by Gasteiger charge is 2.13. The van der Waals surface area contributed by atoms with Crippen molar-refractivity contribution < 1.29 is 0 Å². The predicted octanol–water partition coefficient (Wildman–Crippen LogP) is 4.01. The van der Waals surface area contributed by atoms with E-state index in [1.165, 1.54) is 33.0 Å². The van der Waals surface area contributed by atoms with E-state index in [-0.39, 0.29) is 6.04 Å². The summed E-state index contributed by atoms with van der Waals surface area (Å²) in [5, 5.41) is 2.48. The summed E-state index contributed by atoms with van der Waals surface area (Å²) in [4.78, 5) is 0. The number of benzene rings is 3. The first kappa shape index (κ1) is 13.8. The molecule has 2 heteroatoms. The van der Waals surface area contributed by atoms with E-state index in [0.717, 1.165) is 0 Å². The summed E-state index contributed by atoms with van der Waals surface area (Å²) in [6.07, 6.45) is 0. The van der Waals surface area contributed by atoms with Crippen LogP contribution in [-0.4, -0.2) is 0 Å². The van der Waals surface area contributed by atoms with Crippen LogP contribution in [0.2, 0.25) is 0 Å². The van der Waals surface area contributed by atoms with Crippen LogP contribution in [0, 0.1) is 13.8 Å². The van der Waals surface area contributed by atoms with Crippen LogP contribution in [0.5, 0.6) is 0 Å². The normalized spacial score (nSPS) is 12.5. The average molecular weight is 276 g/mol. The lowest BCUT2D eigenvalue weighted by molar-refractivity contribution is 0.637. The Bertz CT molecular complexity index is 777. The molecule has 0 spiro atoms. The minimum atomic E-state index is 0.00825. The molecule has 1 unspecified atom stereocenters. The van der Waals surface area contributed by atoms with Gasteiger partial charge in [-0.25, -0.2) is 5.43 Å². The summed E-state index contributed by atoms with van der Waals surface area (Å²) in [5.74, 6) is 5.82. The van der Waals surface area contributed by atoms with Crippen molar-refractivity contribution >= 4 is 10.8 Å². The van der Waals surface area contributed by atoms with Crippen molar-refractivity contribution in [2.75, 3.05) is 0 Å². The Hall–Kier alpha value is -2.16. The standard InChI is InChI=1S/C19H20N2/c1-13-7-8-17(11-14(13)2)19(21-20)18-10-9-15-5-3-4-6-16(15)12-18/h3-12,19,21H,20H2,1-2H3. The third-order valence-corrected chi connectivity index (χ3v) is 4.14. The summed E-state index contributed by atoms with van der Waals surface area (Å²) >= 11 is 0. The van der Waals surface area contributed by atoms with E-state index in [1.807, 2.05) is 0 Å². The zero-order valence-corrected chi connectivity index (χ0v) is 12.4. The lowest BCUT2D eigenvalue weighted by Gasteiger charge is -2.18. The molecule has 0 saturated heterocycles. The number of hydrazine groups is 1. The second kappa shape index (κ2) is 5.68. The fraction of sp³-hybridized carbons (Fsp3) is 0.158. The molecule has 3 aromatic carbocycles. The molecule has 3 N–H and O–H groups in total. The second-order valence-electron chi connectivity index (χ2n) is 5.55. The molecule has 0 amide bonds. The highest BCUT2D eigenvalue weighted by molar-refractivity contribution is 5.83. The average Bonchev–Trinajstić information content (AvgIpc) is 2.51. The fourth-order valence-electron chi connectivity index (χ4n) is 2.72. The summed E-state index contributed by atoms with van der Waals surface area (Å²) in [7, 11) is 0. The highest BCUT2D eigenvalue weighted by atomic mass is 15.2. The summed E-state index contributed by atoms with van der Waals surface area (Å²) in [5.41, 5.74) is 7.90. The van der Waals surface area contributed by atoms with Crippen molar-refractivity contribution in [3.8, 4) is 0 Å². The molecule has 0 saturated carbocycles. The van der Waals surface area contributed by atoms with Gasteiger partial charge >= 0.3 is 0 Å². The van der Waals surface area contributed by atoms with E-state index in [2.05, 4.69) is 79.9 Å². The monoisotopic (exact) mass is 276 g/mol. The van der Waals surface area contributed by atoms with Crippen molar-refractivity contribution in [1.82, 2.24) is 5.43 Å². The molecule has 2 nitrogen and oxygen atoms in total. The summed E-state index contributed by atoms with van der Waals surface area (Å²) in [6.45, 7) is 4.26. The van der Waals surface area contributed by atoms with Crippen LogP contribution in [0.15, 0.2) is 60.7 Å². The van der Waals surface area contributed by atoms with Gasteiger partial charge in [-0.3, -0.25) is 5.84 Å². The van der Waals surface area contributed by atoms with Gasteiger partial charge in [0.15, 0.2) is 0 Å². The van der Waals surface area contributed by atoms with E-state index >= 15 is 0 Å². The Morgan fingerprint density at radius 2 is 1.43 bits per heavy atom. The Morgan fingerprint density at radius 3 is 2.14 bits per heavy atom. The zero-order chi connectivity index (χ0) is 14.8. The van der Waals surface area contributed by atoms with E-state index in [4.69, 9.17) is 5.84 Å². The molecule has 0 bridgehead atoms. The molecule has 3 rings (SSSR count). The molecule has 0 fully saturated rings. The van der Waals surface area contributed by atoms with Gasteiger partial charge in [-0.1, -0.05) is 54.6 Å². The molecule has 0 aliphatic carbocycles. The van der Waals surface area contributed by atoms with Gasteiger partial charge in [0.05, 0.1) is 6.04 Å². The van der Waals surface area contributed by atoms with Gasteiger partial charge in [-0.2, -0.15) is 0 Å². The first-order valence-corrected chi connectivity index (χ1v) is 7.21. The van der Waals surface area contributed by atoms with Gasteiger partial charge in [0.1, 0.15) is 0 Å². The SMILES string of the molecule is Cc1ccc(C(NN)c2ccc3ccccc3c2)cc1C. The van der Waals surface area contributed by atoms with Crippen LogP contribution in [0.1, 0.15) is 28.3 Å². The highest BCUT2D eigenvalue weighted by Crippen LogP contribution is 2.26. The van der Waals surface area contributed by atoms with E-state index in [9.17, 15) is 0 Å².